The van der Waals surface area contributed by atoms with Crippen molar-refractivity contribution in [2.75, 3.05) is 19.9 Å². The van der Waals surface area contributed by atoms with Crippen molar-refractivity contribution in [1.29, 1.82) is 0 Å². The van der Waals surface area contributed by atoms with Crippen molar-refractivity contribution >= 4 is 5.96 Å². The molecule has 0 fully saturated rings. The number of hydrogen-bond donors (Lipinski definition) is 2. The van der Waals surface area contributed by atoms with E-state index in [9.17, 15) is 0 Å². The maximum atomic E-state index is 5.81. The van der Waals surface area contributed by atoms with E-state index >= 15 is 0 Å². The lowest BCUT2D eigenvalue weighted by Gasteiger charge is -2.07. The number of benzene rings is 1. The molecule has 1 aliphatic rings. The smallest absolute Gasteiger partial charge is 0.231 e. The van der Waals surface area contributed by atoms with Gasteiger partial charge in [-0.2, -0.15) is 0 Å². The number of fused-ring (bicyclic) bond motifs is 1. The van der Waals surface area contributed by atoms with Gasteiger partial charge in [-0.15, -0.1) is 0 Å². The zero-order valence-corrected chi connectivity index (χ0v) is 12.2. The highest BCUT2D eigenvalue weighted by Crippen LogP contribution is 2.32. The predicted molar refractivity (Wildman–Crippen MR) is 80.2 cm³/mol. The SMILES string of the molecule is CC(C)CCN=C(N)NCCc1ccc2c(c1)OCO2. The molecule has 0 radical (unpaired) electrons. The Labute approximate surface area is 120 Å². The second kappa shape index (κ2) is 7.03. The van der Waals surface area contributed by atoms with Crippen LogP contribution in [-0.2, 0) is 6.42 Å². The summed E-state index contributed by atoms with van der Waals surface area (Å²) in [5.74, 6) is 2.81. The largest absolute Gasteiger partial charge is 0.454 e. The summed E-state index contributed by atoms with van der Waals surface area (Å²) in [7, 11) is 0. The minimum atomic E-state index is 0.312. The van der Waals surface area contributed by atoms with E-state index in [4.69, 9.17) is 15.2 Å². The second-order valence-electron chi connectivity index (χ2n) is 5.31. The van der Waals surface area contributed by atoms with E-state index in [1.54, 1.807) is 0 Å². The summed E-state index contributed by atoms with van der Waals surface area (Å²) in [6.45, 7) is 6.21. The van der Waals surface area contributed by atoms with Crippen LogP contribution in [0.2, 0.25) is 0 Å². The third kappa shape index (κ3) is 4.33. The molecule has 2 rings (SSSR count). The molecule has 5 heteroatoms. The maximum Gasteiger partial charge on any atom is 0.231 e. The highest BCUT2D eigenvalue weighted by Gasteiger charge is 2.12. The summed E-state index contributed by atoms with van der Waals surface area (Å²) >= 11 is 0. The fraction of sp³-hybridized carbons (Fsp3) is 0.533. The third-order valence-electron chi connectivity index (χ3n) is 3.15. The summed E-state index contributed by atoms with van der Waals surface area (Å²) in [4.78, 5) is 4.29. The Hall–Kier alpha value is -1.91. The Morgan fingerprint density at radius 2 is 2.15 bits per heavy atom. The second-order valence-corrected chi connectivity index (χ2v) is 5.31. The minimum Gasteiger partial charge on any atom is -0.454 e. The molecule has 0 bridgehead atoms. The molecule has 3 N–H and O–H groups in total. The lowest BCUT2D eigenvalue weighted by Crippen LogP contribution is -2.33. The Balaban J connectivity index is 1.73. The van der Waals surface area contributed by atoms with Gasteiger partial charge in [-0.05, 0) is 36.5 Å². The highest BCUT2D eigenvalue weighted by atomic mass is 16.7. The van der Waals surface area contributed by atoms with Gasteiger partial charge in [0.15, 0.2) is 17.5 Å². The molecule has 0 aromatic heterocycles. The molecule has 0 saturated heterocycles. The molecule has 110 valence electrons. The van der Waals surface area contributed by atoms with Gasteiger partial charge in [0, 0.05) is 13.1 Å². The molecule has 5 nitrogen and oxygen atoms in total. The van der Waals surface area contributed by atoms with Crippen molar-refractivity contribution in [2.24, 2.45) is 16.6 Å². The zero-order valence-electron chi connectivity index (χ0n) is 12.2. The lowest BCUT2D eigenvalue weighted by molar-refractivity contribution is 0.174. The van der Waals surface area contributed by atoms with Crippen LogP contribution < -0.4 is 20.5 Å². The molecular formula is C15H23N3O2. The molecule has 0 aliphatic carbocycles. The van der Waals surface area contributed by atoms with E-state index in [-0.39, 0.29) is 0 Å². The monoisotopic (exact) mass is 277 g/mol. The van der Waals surface area contributed by atoms with Crippen molar-refractivity contribution < 1.29 is 9.47 Å². The van der Waals surface area contributed by atoms with Crippen LogP contribution in [0.4, 0.5) is 0 Å². The summed E-state index contributed by atoms with van der Waals surface area (Å²) in [5.41, 5.74) is 7.00. The average molecular weight is 277 g/mol. The number of hydrogen-bond acceptors (Lipinski definition) is 3. The van der Waals surface area contributed by atoms with Crippen LogP contribution in [0.25, 0.3) is 0 Å². The number of nitrogens with one attached hydrogen (secondary N) is 1. The normalized spacial score (nSPS) is 13.8. The standard InChI is InChI=1S/C15H23N3O2/c1-11(2)5-7-17-15(16)18-8-6-12-3-4-13-14(9-12)20-10-19-13/h3-4,9,11H,5-8,10H2,1-2H3,(H3,16,17,18). The molecule has 1 aromatic carbocycles. The first-order chi connectivity index (χ1) is 9.65. The Kier molecular flexibility index (Phi) is 5.09. The van der Waals surface area contributed by atoms with Gasteiger partial charge in [0.1, 0.15) is 0 Å². The van der Waals surface area contributed by atoms with Gasteiger partial charge >= 0.3 is 0 Å². The van der Waals surface area contributed by atoms with E-state index in [1.807, 2.05) is 18.2 Å². The van der Waals surface area contributed by atoms with Crippen LogP contribution in [0, 0.1) is 5.92 Å². The summed E-state index contributed by atoms with van der Waals surface area (Å²) < 4.78 is 10.6. The Morgan fingerprint density at radius 3 is 2.95 bits per heavy atom. The number of guanidine groups is 1. The van der Waals surface area contributed by atoms with E-state index in [0.29, 0.717) is 18.7 Å². The van der Waals surface area contributed by atoms with Gasteiger partial charge in [0.25, 0.3) is 0 Å². The zero-order chi connectivity index (χ0) is 14.4. The number of aliphatic imine (C=N–C) groups is 1. The predicted octanol–water partition coefficient (Wildman–Crippen LogP) is 1.91. The molecule has 0 spiro atoms. The van der Waals surface area contributed by atoms with Gasteiger partial charge in [0.2, 0.25) is 6.79 Å². The fourth-order valence-electron chi connectivity index (χ4n) is 1.93. The van der Waals surface area contributed by atoms with Crippen LogP contribution in [0.1, 0.15) is 25.8 Å². The van der Waals surface area contributed by atoms with Crippen molar-refractivity contribution in [1.82, 2.24) is 5.32 Å². The lowest BCUT2D eigenvalue weighted by atomic mass is 10.1. The van der Waals surface area contributed by atoms with Gasteiger partial charge in [-0.25, -0.2) is 0 Å². The minimum absolute atomic E-state index is 0.312. The summed E-state index contributed by atoms with van der Waals surface area (Å²) in [6, 6.07) is 6.00. The van der Waals surface area contributed by atoms with E-state index < -0.39 is 0 Å². The van der Waals surface area contributed by atoms with Crippen molar-refractivity contribution in [3.8, 4) is 11.5 Å². The quantitative estimate of drug-likeness (QED) is 0.615. The van der Waals surface area contributed by atoms with Gasteiger partial charge in [-0.3, -0.25) is 4.99 Å². The van der Waals surface area contributed by atoms with Crippen LogP contribution in [0.5, 0.6) is 11.5 Å². The van der Waals surface area contributed by atoms with Crippen LogP contribution in [0.15, 0.2) is 23.2 Å². The van der Waals surface area contributed by atoms with Crippen LogP contribution >= 0.6 is 0 Å². The van der Waals surface area contributed by atoms with Crippen molar-refractivity contribution in [3.63, 3.8) is 0 Å². The number of rotatable bonds is 6. The molecule has 0 atom stereocenters. The molecule has 0 amide bonds. The van der Waals surface area contributed by atoms with E-state index in [0.717, 1.165) is 37.4 Å². The molecule has 20 heavy (non-hydrogen) atoms. The third-order valence-corrected chi connectivity index (χ3v) is 3.15. The van der Waals surface area contributed by atoms with Crippen LogP contribution in [0.3, 0.4) is 0 Å². The average Bonchev–Trinajstić information content (AvgIpc) is 2.85. The van der Waals surface area contributed by atoms with Gasteiger partial charge in [-0.1, -0.05) is 19.9 Å². The van der Waals surface area contributed by atoms with E-state index in [2.05, 4.69) is 24.2 Å². The van der Waals surface area contributed by atoms with Gasteiger partial charge < -0.3 is 20.5 Å². The first-order valence-electron chi connectivity index (χ1n) is 7.07. The molecule has 0 saturated carbocycles. The molecule has 0 unspecified atom stereocenters. The fourth-order valence-corrected chi connectivity index (χ4v) is 1.93. The first-order valence-corrected chi connectivity index (χ1v) is 7.07. The molecule has 1 aliphatic heterocycles. The molecular weight excluding hydrogens is 254 g/mol. The molecule has 1 heterocycles. The summed E-state index contributed by atoms with van der Waals surface area (Å²) in [5, 5.41) is 3.13. The van der Waals surface area contributed by atoms with Gasteiger partial charge in [0.05, 0.1) is 0 Å². The van der Waals surface area contributed by atoms with Crippen molar-refractivity contribution in [3.05, 3.63) is 23.8 Å². The number of nitrogens with zero attached hydrogens (tertiary/aromatic N) is 1. The van der Waals surface area contributed by atoms with Crippen molar-refractivity contribution in [2.45, 2.75) is 26.7 Å². The topological polar surface area (TPSA) is 68.9 Å². The summed E-state index contributed by atoms with van der Waals surface area (Å²) in [6.07, 6.45) is 1.93. The molecule has 1 aromatic rings. The first kappa shape index (κ1) is 14.5. The Morgan fingerprint density at radius 1 is 1.35 bits per heavy atom. The van der Waals surface area contributed by atoms with E-state index in [1.165, 1.54) is 5.56 Å². The van der Waals surface area contributed by atoms with Crippen LogP contribution in [-0.4, -0.2) is 25.8 Å². The highest BCUT2D eigenvalue weighted by molar-refractivity contribution is 5.77. The number of ether oxygens (including phenoxy) is 2. The number of nitrogens with two attached hydrogens (primary N) is 1. The maximum absolute atomic E-state index is 5.81. The Bertz CT molecular complexity index is 472.